The van der Waals surface area contributed by atoms with Crippen molar-refractivity contribution in [3.8, 4) is 33.4 Å². The van der Waals surface area contributed by atoms with E-state index in [1.165, 1.54) is 31.1 Å². The molecule has 1 atom stereocenters. The predicted molar refractivity (Wildman–Crippen MR) is 270 cm³/mol. The van der Waals surface area contributed by atoms with Gasteiger partial charge in [-0.05, 0) is 91.3 Å². The number of rotatable bonds is 6. The molecule has 12 aromatic rings. The maximum atomic E-state index is 6.77. The molecule has 1 aliphatic rings. The normalized spacial score (nSPS) is 14.1. The molecule has 5 heteroatoms. The zero-order valence-corrected chi connectivity index (χ0v) is 35.3. The molecule has 0 spiro atoms. The van der Waals surface area contributed by atoms with Gasteiger partial charge >= 0.3 is 0 Å². The number of thiophene rings is 1. The van der Waals surface area contributed by atoms with Gasteiger partial charge in [-0.25, -0.2) is 9.98 Å². The van der Waals surface area contributed by atoms with Crippen LogP contribution in [0.2, 0.25) is 0 Å². The number of furan rings is 1. The molecule has 300 valence electrons. The molecule has 0 saturated heterocycles. The van der Waals surface area contributed by atoms with Crippen LogP contribution >= 0.6 is 11.3 Å². The average Bonchev–Trinajstić information content (AvgIpc) is 3.93. The van der Waals surface area contributed by atoms with Gasteiger partial charge in [-0.15, -0.1) is 11.3 Å². The molecule has 0 aliphatic carbocycles. The molecule has 3 heterocycles. The first-order valence-electron chi connectivity index (χ1n) is 21.7. The molecule has 2 aromatic heterocycles. The number of amidine groups is 2. The molecule has 13 rings (SSSR count). The Bertz CT molecular complexity index is 3860. The summed E-state index contributed by atoms with van der Waals surface area (Å²) in [7, 11) is 0. The molecule has 0 fully saturated rings. The third-order valence-corrected chi connectivity index (χ3v) is 13.9. The molecule has 0 amide bonds. The lowest BCUT2D eigenvalue weighted by Gasteiger charge is -2.24. The van der Waals surface area contributed by atoms with Crippen LogP contribution in [0.4, 0.5) is 0 Å². The molecule has 1 aliphatic heterocycles. The second-order valence-electron chi connectivity index (χ2n) is 16.5. The van der Waals surface area contributed by atoms with Gasteiger partial charge in [0.25, 0.3) is 0 Å². The highest BCUT2D eigenvalue weighted by Crippen LogP contribution is 2.45. The summed E-state index contributed by atoms with van der Waals surface area (Å²) in [5.41, 5.74) is 11.7. The van der Waals surface area contributed by atoms with E-state index in [0.717, 1.165) is 94.3 Å². The molecule has 4 nitrogen and oxygen atoms in total. The Morgan fingerprint density at radius 3 is 1.80 bits per heavy atom. The Balaban J connectivity index is 1.02. The minimum absolute atomic E-state index is 0.518. The van der Waals surface area contributed by atoms with Crippen LogP contribution in [0, 0.1) is 0 Å². The van der Waals surface area contributed by atoms with Crippen molar-refractivity contribution in [3.63, 3.8) is 0 Å². The second kappa shape index (κ2) is 14.8. The van der Waals surface area contributed by atoms with Crippen molar-refractivity contribution in [2.75, 3.05) is 0 Å². The second-order valence-corrected chi connectivity index (χ2v) is 17.6. The molecule has 10 aromatic carbocycles. The number of hydrogen-bond acceptors (Lipinski definition) is 5. The van der Waals surface area contributed by atoms with Crippen molar-refractivity contribution >= 4 is 86.7 Å². The van der Waals surface area contributed by atoms with Crippen LogP contribution in [0.25, 0.3) is 97.0 Å². The lowest BCUT2D eigenvalue weighted by Crippen LogP contribution is -2.36. The highest BCUT2D eigenvalue weighted by molar-refractivity contribution is 7.25. The Labute approximate surface area is 373 Å². The maximum Gasteiger partial charge on any atom is 0.170 e. The van der Waals surface area contributed by atoms with E-state index in [4.69, 9.17) is 14.4 Å². The molecule has 1 unspecified atom stereocenters. The van der Waals surface area contributed by atoms with Crippen LogP contribution in [-0.4, -0.2) is 11.7 Å². The molecule has 0 bridgehead atoms. The quantitative estimate of drug-likeness (QED) is 0.181. The monoisotopic (exact) mass is 835 g/mol. The van der Waals surface area contributed by atoms with Crippen LogP contribution in [0.3, 0.4) is 0 Å². The summed E-state index contributed by atoms with van der Waals surface area (Å²) in [6.45, 7) is 0. The first kappa shape index (κ1) is 36.5. The smallest absolute Gasteiger partial charge is 0.170 e. The van der Waals surface area contributed by atoms with Gasteiger partial charge in [0.15, 0.2) is 6.17 Å². The number of nitrogens with one attached hydrogen (secondary N) is 1. The molecule has 1 N–H and O–H groups in total. The fourth-order valence-electron chi connectivity index (χ4n) is 9.68. The largest absolute Gasteiger partial charge is 0.456 e. The summed E-state index contributed by atoms with van der Waals surface area (Å²) < 4.78 is 9.26. The lowest BCUT2D eigenvalue weighted by atomic mass is 9.89. The minimum Gasteiger partial charge on any atom is -0.456 e. The Kier molecular flexibility index (Phi) is 8.43. The van der Waals surface area contributed by atoms with Gasteiger partial charge in [0.2, 0.25) is 0 Å². The summed E-state index contributed by atoms with van der Waals surface area (Å²) in [6, 6.07) is 75.7. The lowest BCUT2D eigenvalue weighted by molar-refractivity contribution is 0.669. The Morgan fingerprint density at radius 1 is 0.375 bits per heavy atom. The summed E-state index contributed by atoms with van der Waals surface area (Å²) >= 11 is 1.82. The highest BCUT2D eigenvalue weighted by atomic mass is 32.1. The number of hydrogen-bond donors (Lipinski definition) is 1. The van der Waals surface area contributed by atoms with Crippen LogP contribution < -0.4 is 5.32 Å². The number of fused-ring (bicyclic) bond motifs is 8. The maximum absolute atomic E-state index is 6.77. The highest BCUT2D eigenvalue weighted by Gasteiger charge is 2.26. The van der Waals surface area contributed by atoms with Crippen molar-refractivity contribution in [1.29, 1.82) is 0 Å². The SMILES string of the molecule is c1ccc(-c2ccc(C3=NC(c4ccc(-c5cc(-c6ccccc6)cc6oc7cc8ccccc8cc7c56)c5ccccc45)N=C(c4cccc5sc6ccccc6c45)N3)cc2)cc1. The zero-order valence-electron chi connectivity index (χ0n) is 34.5. The summed E-state index contributed by atoms with van der Waals surface area (Å²) in [6.07, 6.45) is -0.518. The van der Waals surface area contributed by atoms with Crippen LogP contribution in [0.15, 0.2) is 227 Å². The number of aliphatic imine (C=N–C) groups is 2. The van der Waals surface area contributed by atoms with Crippen molar-refractivity contribution in [2.24, 2.45) is 9.98 Å². The van der Waals surface area contributed by atoms with E-state index in [-0.39, 0.29) is 0 Å². The van der Waals surface area contributed by atoms with Crippen molar-refractivity contribution in [1.82, 2.24) is 5.32 Å². The van der Waals surface area contributed by atoms with Crippen molar-refractivity contribution < 1.29 is 4.42 Å². The fourth-order valence-corrected chi connectivity index (χ4v) is 10.8. The van der Waals surface area contributed by atoms with E-state index in [2.05, 4.69) is 218 Å². The van der Waals surface area contributed by atoms with Gasteiger partial charge in [0, 0.05) is 47.6 Å². The first-order valence-corrected chi connectivity index (χ1v) is 22.5. The third-order valence-electron chi connectivity index (χ3n) is 12.7. The van der Waals surface area contributed by atoms with E-state index < -0.39 is 6.17 Å². The molecular formula is C59H37N3OS. The van der Waals surface area contributed by atoms with Gasteiger partial charge < -0.3 is 9.73 Å². The van der Waals surface area contributed by atoms with Gasteiger partial charge in [-0.3, -0.25) is 0 Å². The van der Waals surface area contributed by atoms with Crippen molar-refractivity contribution in [2.45, 2.75) is 6.17 Å². The van der Waals surface area contributed by atoms with E-state index in [1.807, 2.05) is 11.3 Å². The topological polar surface area (TPSA) is 49.9 Å². The summed E-state index contributed by atoms with van der Waals surface area (Å²) in [5.74, 6) is 1.59. The number of benzene rings is 10. The minimum atomic E-state index is -0.518. The summed E-state index contributed by atoms with van der Waals surface area (Å²) in [4.78, 5) is 11.0. The van der Waals surface area contributed by atoms with Crippen molar-refractivity contribution in [3.05, 3.63) is 229 Å². The number of nitrogens with zero attached hydrogens (tertiary/aromatic N) is 2. The Hall–Kier alpha value is -8.12. The first-order chi connectivity index (χ1) is 31.7. The molecule has 0 radical (unpaired) electrons. The third kappa shape index (κ3) is 6.04. The standard InChI is InChI=1S/C59H37N3OS/c1-3-14-36(15-4-1)38-26-28-39(29-27-38)57-60-58(62-59(61-57)48-23-13-25-54-56(48)47-22-11-12-24-53(47)64-54)46-31-30-45(43-20-9-10-21-44(43)46)49-33-42(37-16-5-2-6-17-37)35-52-55(49)50-32-40-18-7-8-19-41(40)34-51(50)63-52/h1-35,58H,(H,60,61,62). The van der Waals surface area contributed by atoms with E-state index in [1.54, 1.807) is 0 Å². The van der Waals surface area contributed by atoms with Crippen LogP contribution in [0.5, 0.6) is 0 Å². The van der Waals surface area contributed by atoms with E-state index >= 15 is 0 Å². The van der Waals surface area contributed by atoms with Crippen LogP contribution in [0.1, 0.15) is 22.9 Å². The summed E-state index contributed by atoms with van der Waals surface area (Å²) in [5, 5.41) is 13.0. The fraction of sp³-hybridized carbons (Fsp3) is 0.0169. The van der Waals surface area contributed by atoms with Gasteiger partial charge in [-0.2, -0.15) is 0 Å². The zero-order chi connectivity index (χ0) is 42.1. The van der Waals surface area contributed by atoms with Crippen LogP contribution in [-0.2, 0) is 0 Å². The predicted octanol–water partition coefficient (Wildman–Crippen LogP) is 15.8. The molecular weight excluding hydrogens is 799 g/mol. The Morgan fingerprint density at radius 2 is 1.00 bits per heavy atom. The van der Waals surface area contributed by atoms with E-state index in [0.29, 0.717) is 0 Å². The molecule has 0 saturated carbocycles. The molecule has 64 heavy (non-hydrogen) atoms. The van der Waals surface area contributed by atoms with Gasteiger partial charge in [0.05, 0.1) is 0 Å². The van der Waals surface area contributed by atoms with E-state index in [9.17, 15) is 0 Å². The van der Waals surface area contributed by atoms with Gasteiger partial charge in [0.1, 0.15) is 22.8 Å². The van der Waals surface area contributed by atoms with Gasteiger partial charge in [-0.1, -0.05) is 176 Å². The average molecular weight is 836 g/mol.